The maximum atomic E-state index is 12.2. The lowest BCUT2D eigenvalue weighted by Crippen LogP contribution is -2.43. The second-order valence-corrected chi connectivity index (χ2v) is 5.08. The molecule has 0 fully saturated rings. The zero-order chi connectivity index (χ0) is 14.9. The van der Waals surface area contributed by atoms with E-state index in [9.17, 15) is 14.4 Å². The third-order valence-electron chi connectivity index (χ3n) is 3.03. The van der Waals surface area contributed by atoms with Gasteiger partial charge < -0.3 is 10.0 Å². The van der Waals surface area contributed by atoms with Gasteiger partial charge in [-0.05, 0) is 6.42 Å². The van der Waals surface area contributed by atoms with E-state index < -0.39 is 23.5 Å². The molecule has 1 unspecified atom stereocenters. The van der Waals surface area contributed by atoms with Crippen molar-refractivity contribution in [3.8, 4) is 0 Å². The molecule has 1 amide bonds. The van der Waals surface area contributed by atoms with Crippen LogP contribution in [0.2, 0.25) is 0 Å². The topological polar surface area (TPSA) is 92.0 Å². The van der Waals surface area contributed by atoms with Gasteiger partial charge in [-0.2, -0.15) is 0 Å². The summed E-state index contributed by atoms with van der Waals surface area (Å²) in [6.45, 7) is 1.66. The van der Waals surface area contributed by atoms with E-state index in [1.807, 2.05) is 0 Å². The lowest BCUT2D eigenvalue weighted by Gasteiger charge is -2.23. The summed E-state index contributed by atoms with van der Waals surface area (Å²) in [5.41, 5.74) is -0.628. The van der Waals surface area contributed by atoms with Crippen LogP contribution in [0.3, 0.4) is 0 Å². The van der Waals surface area contributed by atoms with Gasteiger partial charge in [-0.15, -0.1) is 11.3 Å². The number of aromatic nitrogens is 2. The summed E-state index contributed by atoms with van der Waals surface area (Å²) in [4.78, 5) is 41.0. The van der Waals surface area contributed by atoms with E-state index in [0.717, 1.165) is 4.90 Å². The van der Waals surface area contributed by atoms with Gasteiger partial charge in [-0.1, -0.05) is 6.92 Å². The number of hydrogen-bond acceptors (Lipinski definition) is 5. The highest BCUT2D eigenvalue weighted by Gasteiger charge is 2.27. The fourth-order valence-electron chi connectivity index (χ4n) is 1.92. The van der Waals surface area contributed by atoms with E-state index in [4.69, 9.17) is 5.11 Å². The Balaban J connectivity index is 2.43. The minimum Gasteiger partial charge on any atom is -0.480 e. The van der Waals surface area contributed by atoms with Gasteiger partial charge in [-0.3, -0.25) is 14.0 Å². The Kier molecular flexibility index (Phi) is 3.84. The average Bonchev–Trinajstić information content (AvgIpc) is 2.88. The molecule has 0 bridgehead atoms. The molecule has 0 aliphatic rings. The highest BCUT2D eigenvalue weighted by Crippen LogP contribution is 2.09. The Hall–Kier alpha value is -2.22. The Morgan fingerprint density at radius 3 is 2.85 bits per heavy atom. The van der Waals surface area contributed by atoms with Gasteiger partial charge in [0, 0.05) is 24.8 Å². The summed E-state index contributed by atoms with van der Waals surface area (Å²) >= 11 is 1.28. The summed E-state index contributed by atoms with van der Waals surface area (Å²) in [5, 5.41) is 10.7. The summed E-state index contributed by atoms with van der Waals surface area (Å²) in [7, 11) is 1.37. The van der Waals surface area contributed by atoms with E-state index >= 15 is 0 Å². The number of carbonyl (C=O) groups is 2. The van der Waals surface area contributed by atoms with Gasteiger partial charge >= 0.3 is 5.97 Å². The number of fused-ring (bicyclic) bond motifs is 1. The molecule has 0 saturated heterocycles. The van der Waals surface area contributed by atoms with Crippen LogP contribution in [0.15, 0.2) is 22.6 Å². The molecule has 0 radical (unpaired) electrons. The molecule has 2 aromatic rings. The first-order valence-electron chi connectivity index (χ1n) is 5.92. The summed E-state index contributed by atoms with van der Waals surface area (Å²) in [6, 6.07) is -0.968. The number of amides is 1. The summed E-state index contributed by atoms with van der Waals surface area (Å²) in [5.74, 6) is -1.75. The number of likely N-dealkylation sites (N-methyl/N-ethyl adjacent to an activating group) is 1. The second-order valence-electron chi connectivity index (χ2n) is 4.21. The maximum absolute atomic E-state index is 12.2. The van der Waals surface area contributed by atoms with Crippen molar-refractivity contribution in [3.05, 3.63) is 33.7 Å². The molecule has 106 valence electrons. The molecule has 7 nitrogen and oxygen atoms in total. The van der Waals surface area contributed by atoms with Crippen LogP contribution >= 0.6 is 11.3 Å². The SMILES string of the molecule is CCC(C(=O)O)N(C)C(=O)c1cnc2sccn2c1=O. The Labute approximate surface area is 118 Å². The molecule has 0 aliphatic carbocycles. The molecule has 8 heteroatoms. The van der Waals surface area contributed by atoms with Crippen molar-refractivity contribution in [2.75, 3.05) is 7.05 Å². The van der Waals surface area contributed by atoms with E-state index in [0.29, 0.717) is 4.96 Å². The van der Waals surface area contributed by atoms with Crippen molar-refractivity contribution < 1.29 is 14.7 Å². The third-order valence-corrected chi connectivity index (χ3v) is 3.80. The van der Waals surface area contributed by atoms with Crippen molar-refractivity contribution in [3.63, 3.8) is 0 Å². The molecular formula is C12H13N3O4S. The molecule has 2 aromatic heterocycles. The standard InChI is InChI=1S/C12H13N3O4S/c1-3-8(11(18)19)14(2)9(16)7-6-13-12-15(10(7)17)4-5-20-12/h4-6,8H,3H2,1-2H3,(H,18,19). The van der Waals surface area contributed by atoms with Crippen molar-refractivity contribution in [2.45, 2.75) is 19.4 Å². The van der Waals surface area contributed by atoms with Gasteiger partial charge in [0.25, 0.3) is 11.5 Å². The highest BCUT2D eigenvalue weighted by molar-refractivity contribution is 7.15. The fourth-order valence-corrected chi connectivity index (χ4v) is 2.59. The number of nitrogens with zero attached hydrogens (tertiary/aromatic N) is 3. The molecule has 0 aromatic carbocycles. The van der Waals surface area contributed by atoms with Crippen LogP contribution in [0.25, 0.3) is 4.96 Å². The number of hydrogen-bond donors (Lipinski definition) is 1. The fraction of sp³-hybridized carbons (Fsp3) is 0.333. The van der Waals surface area contributed by atoms with Crippen LogP contribution in [-0.2, 0) is 4.79 Å². The van der Waals surface area contributed by atoms with E-state index in [1.54, 1.807) is 12.3 Å². The molecule has 1 N–H and O–H groups in total. The molecule has 0 aliphatic heterocycles. The number of carboxylic acids is 1. The van der Waals surface area contributed by atoms with Gasteiger partial charge in [-0.25, -0.2) is 9.78 Å². The van der Waals surface area contributed by atoms with Crippen LogP contribution in [0.5, 0.6) is 0 Å². The number of carboxylic acid groups (broad SMARTS) is 1. The zero-order valence-electron chi connectivity index (χ0n) is 10.9. The average molecular weight is 295 g/mol. The first-order chi connectivity index (χ1) is 9.47. The van der Waals surface area contributed by atoms with Crippen molar-refractivity contribution in [2.24, 2.45) is 0 Å². The Morgan fingerprint density at radius 2 is 2.25 bits per heavy atom. The van der Waals surface area contributed by atoms with Gasteiger partial charge in [0.15, 0.2) is 4.96 Å². The predicted octanol–water partition coefficient (Wildman–Crippen LogP) is 0.691. The van der Waals surface area contributed by atoms with Gasteiger partial charge in [0.2, 0.25) is 0 Å². The summed E-state index contributed by atoms with van der Waals surface area (Å²) in [6.07, 6.45) is 2.98. The van der Waals surface area contributed by atoms with Crippen LogP contribution in [0.4, 0.5) is 0 Å². The first kappa shape index (κ1) is 14.2. The van der Waals surface area contributed by atoms with Gasteiger partial charge in [0.05, 0.1) is 0 Å². The summed E-state index contributed by atoms with van der Waals surface area (Å²) < 4.78 is 1.27. The van der Waals surface area contributed by atoms with Crippen LogP contribution in [-0.4, -0.2) is 44.4 Å². The van der Waals surface area contributed by atoms with E-state index in [-0.39, 0.29) is 12.0 Å². The number of carbonyl (C=O) groups excluding carboxylic acids is 1. The van der Waals surface area contributed by atoms with Crippen LogP contribution in [0.1, 0.15) is 23.7 Å². The second kappa shape index (κ2) is 5.41. The van der Waals surface area contributed by atoms with E-state index in [2.05, 4.69) is 4.98 Å². The lowest BCUT2D eigenvalue weighted by molar-refractivity contribution is -0.142. The monoisotopic (exact) mass is 295 g/mol. The minimum atomic E-state index is -1.10. The highest BCUT2D eigenvalue weighted by atomic mass is 32.1. The molecule has 2 heterocycles. The minimum absolute atomic E-state index is 0.136. The normalized spacial score (nSPS) is 12.3. The maximum Gasteiger partial charge on any atom is 0.326 e. The predicted molar refractivity (Wildman–Crippen MR) is 73.1 cm³/mol. The van der Waals surface area contributed by atoms with E-state index in [1.165, 1.54) is 35.2 Å². The van der Waals surface area contributed by atoms with Crippen LogP contribution < -0.4 is 5.56 Å². The van der Waals surface area contributed by atoms with Crippen molar-refractivity contribution in [1.29, 1.82) is 0 Å². The molecule has 2 rings (SSSR count). The van der Waals surface area contributed by atoms with Crippen LogP contribution in [0, 0.1) is 0 Å². The smallest absolute Gasteiger partial charge is 0.326 e. The lowest BCUT2D eigenvalue weighted by atomic mass is 10.2. The van der Waals surface area contributed by atoms with Crippen molar-refractivity contribution >= 4 is 28.2 Å². The number of rotatable bonds is 4. The number of aliphatic carboxylic acids is 1. The first-order valence-corrected chi connectivity index (χ1v) is 6.80. The number of thiazole rings is 1. The molecule has 1 atom stereocenters. The van der Waals surface area contributed by atoms with Gasteiger partial charge in [0.1, 0.15) is 11.6 Å². The largest absolute Gasteiger partial charge is 0.480 e. The van der Waals surface area contributed by atoms with Crippen molar-refractivity contribution in [1.82, 2.24) is 14.3 Å². The molecule has 0 spiro atoms. The Bertz CT molecular complexity index is 721. The zero-order valence-corrected chi connectivity index (χ0v) is 11.8. The quantitative estimate of drug-likeness (QED) is 0.896. The Morgan fingerprint density at radius 1 is 1.55 bits per heavy atom. The third kappa shape index (κ3) is 2.29. The molecule has 0 saturated carbocycles. The molecule has 20 heavy (non-hydrogen) atoms. The molecular weight excluding hydrogens is 282 g/mol.